The molecule has 29 heavy (non-hydrogen) atoms. The first kappa shape index (κ1) is 19.2. The van der Waals surface area contributed by atoms with Gasteiger partial charge in [0.1, 0.15) is 0 Å². The lowest BCUT2D eigenvalue weighted by Gasteiger charge is -2.29. The van der Waals surface area contributed by atoms with Crippen molar-refractivity contribution in [2.24, 2.45) is 0 Å². The lowest BCUT2D eigenvalue weighted by Crippen LogP contribution is -2.39. The molecule has 0 aliphatic carbocycles. The minimum Gasteiger partial charge on any atom is -0.354 e. The van der Waals surface area contributed by atoms with E-state index in [1.807, 2.05) is 48.5 Å². The van der Waals surface area contributed by atoms with Gasteiger partial charge >= 0.3 is 6.03 Å². The van der Waals surface area contributed by atoms with Gasteiger partial charge in [0.05, 0.1) is 12.5 Å². The van der Waals surface area contributed by atoms with Crippen LogP contribution in [0, 0.1) is 6.92 Å². The first-order chi connectivity index (χ1) is 14.1. The number of thiophene rings is 1. The van der Waals surface area contributed by atoms with Crippen LogP contribution in [-0.4, -0.2) is 29.9 Å². The van der Waals surface area contributed by atoms with Crippen LogP contribution in [0.1, 0.15) is 23.6 Å². The Morgan fingerprint density at radius 1 is 1.14 bits per heavy atom. The quantitative estimate of drug-likeness (QED) is 0.656. The Kier molecular flexibility index (Phi) is 5.62. The predicted molar refractivity (Wildman–Crippen MR) is 117 cm³/mol. The average molecular weight is 406 g/mol. The molecule has 1 saturated heterocycles. The molecule has 0 spiro atoms. The van der Waals surface area contributed by atoms with E-state index in [1.54, 1.807) is 16.2 Å². The van der Waals surface area contributed by atoms with Crippen LogP contribution in [0.4, 0.5) is 10.5 Å². The third kappa shape index (κ3) is 4.32. The Bertz CT molecular complexity index is 1020. The molecule has 1 aromatic heterocycles. The zero-order valence-corrected chi connectivity index (χ0v) is 17.0. The van der Waals surface area contributed by atoms with E-state index in [0.717, 1.165) is 16.8 Å². The highest BCUT2D eigenvalue weighted by Gasteiger charge is 2.29. The summed E-state index contributed by atoms with van der Waals surface area (Å²) in [7, 11) is 0. The Balaban J connectivity index is 1.58. The second-order valence-corrected chi connectivity index (χ2v) is 8.03. The number of benzene rings is 2. The number of rotatable bonds is 3. The molecule has 2 N–H and O–H groups in total. The van der Waals surface area contributed by atoms with Gasteiger partial charge in [-0.3, -0.25) is 4.79 Å². The van der Waals surface area contributed by atoms with E-state index in [2.05, 4.69) is 35.1 Å². The van der Waals surface area contributed by atoms with Gasteiger partial charge in [0.2, 0.25) is 5.91 Å². The second-order valence-electron chi connectivity index (χ2n) is 7.12. The summed E-state index contributed by atoms with van der Waals surface area (Å²) in [6.07, 6.45) is 0.256. The number of carbonyl (C=O) groups excluding carboxylic acids is 2. The highest BCUT2D eigenvalue weighted by Crippen LogP contribution is 2.31. The first-order valence-electron chi connectivity index (χ1n) is 9.65. The van der Waals surface area contributed by atoms with Gasteiger partial charge in [-0.2, -0.15) is 0 Å². The molecule has 5 nitrogen and oxygen atoms in total. The normalized spacial score (nSPS) is 16.8. The molecular formula is C23H23N3O2S. The van der Waals surface area contributed by atoms with E-state index in [4.69, 9.17) is 0 Å². The Hall–Kier alpha value is -3.12. The maximum atomic E-state index is 13.2. The lowest BCUT2D eigenvalue weighted by molar-refractivity contribution is -0.121. The first-order valence-corrected chi connectivity index (χ1v) is 10.5. The van der Waals surface area contributed by atoms with E-state index in [1.165, 1.54) is 10.4 Å². The smallest absolute Gasteiger partial charge is 0.322 e. The molecule has 0 saturated carbocycles. The fourth-order valence-electron chi connectivity index (χ4n) is 3.65. The summed E-state index contributed by atoms with van der Waals surface area (Å²) in [4.78, 5) is 28.2. The summed E-state index contributed by atoms with van der Waals surface area (Å²) in [5.74, 6) is -0.0377. The Labute approximate surface area is 174 Å². The third-order valence-electron chi connectivity index (χ3n) is 5.11. The van der Waals surface area contributed by atoms with Crippen molar-refractivity contribution in [3.8, 4) is 10.4 Å². The fraction of sp³-hybridized carbons (Fsp3) is 0.217. The van der Waals surface area contributed by atoms with Crippen molar-refractivity contribution >= 4 is 29.0 Å². The molecule has 3 amide bonds. The highest BCUT2D eigenvalue weighted by atomic mass is 32.1. The molecule has 2 heterocycles. The van der Waals surface area contributed by atoms with Gasteiger partial charge in [-0.25, -0.2) is 4.79 Å². The van der Waals surface area contributed by atoms with E-state index in [9.17, 15) is 9.59 Å². The third-order valence-corrected chi connectivity index (χ3v) is 6.18. The van der Waals surface area contributed by atoms with Crippen molar-refractivity contribution in [1.82, 2.24) is 10.2 Å². The average Bonchev–Trinajstić information content (AvgIpc) is 3.06. The Morgan fingerprint density at radius 2 is 1.97 bits per heavy atom. The van der Waals surface area contributed by atoms with Crippen LogP contribution in [0.5, 0.6) is 0 Å². The van der Waals surface area contributed by atoms with E-state index >= 15 is 0 Å². The van der Waals surface area contributed by atoms with Crippen LogP contribution in [0.3, 0.4) is 0 Å². The van der Waals surface area contributed by atoms with E-state index in [0.29, 0.717) is 13.1 Å². The van der Waals surface area contributed by atoms with Crippen molar-refractivity contribution in [1.29, 1.82) is 0 Å². The number of nitrogens with one attached hydrogen (secondary N) is 2. The summed E-state index contributed by atoms with van der Waals surface area (Å²) in [6.45, 7) is 2.99. The van der Waals surface area contributed by atoms with Gasteiger partial charge in [0.15, 0.2) is 0 Å². The topological polar surface area (TPSA) is 61.4 Å². The van der Waals surface area contributed by atoms with Crippen LogP contribution < -0.4 is 10.6 Å². The molecule has 1 atom stereocenters. The Morgan fingerprint density at radius 3 is 2.72 bits per heavy atom. The molecule has 4 rings (SSSR count). The van der Waals surface area contributed by atoms with E-state index < -0.39 is 0 Å². The van der Waals surface area contributed by atoms with Crippen LogP contribution in [0.15, 0.2) is 66.0 Å². The van der Waals surface area contributed by atoms with Crippen LogP contribution in [0.25, 0.3) is 10.4 Å². The SMILES string of the molecule is Cc1ccsc1-c1cccc(NC(=O)N2CCNC(=O)CC2c2ccccc2)c1. The van der Waals surface area contributed by atoms with Gasteiger partial charge < -0.3 is 15.5 Å². The van der Waals surface area contributed by atoms with Crippen molar-refractivity contribution < 1.29 is 9.59 Å². The molecule has 0 bridgehead atoms. The molecule has 1 aliphatic rings. The number of aryl methyl sites for hydroxylation is 1. The number of amides is 3. The van der Waals surface area contributed by atoms with Crippen molar-refractivity contribution in [3.63, 3.8) is 0 Å². The lowest BCUT2D eigenvalue weighted by atomic mass is 10.0. The van der Waals surface area contributed by atoms with Crippen molar-refractivity contribution in [2.75, 3.05) is 18.4 Å². The summed E-state index contributed by atoms with van der Waals surface area (Å²) < 4.78 is 0. The summed E-state index contributed by atoms with van der Waals surface area (Å²) >= 11 is 1.69. The number of urea groups is 1. The molecule has 6 heteroatoms. The minimum absolute atomic E-state index is 0.0377. The summed E-state index contributed by atoms with van der Waals surface area (Å²) in [6, 6.07) is 19.2. The minimum atomic E-state index is -0.290. The molecule has 0 radical (unpaired) electrons. The van der Waals surface area contributed by atoms with Crippen molar-refractivity contribution in [2.45, 2.75) is 19.4 Å². The van der Waals surface area contributed by atoms with Gasteiger partial charge in [-0.1, -0.05) is 42.5 Å². The van der Waals surface area contributed by atoms with Gasteiger partial charge in [-0.15, -0.1) is 11.3 Å². The summed E-state index contributed by atoms with van der Waals surface area (Å²) in [5, 5.41) is 7.97. The monoisotopic (exact) mass is 405 g/mol. The maximum absolute atomic E-state index is 13.2. The largest absolute Gasteiger partial charge is 0.354 e. The van der Waals surface area contributed by atoms with Crippen LogP contribution in [0.2, 0.25) is 0 Å². The standard InChI is InChI=1S/C23H23N3O2S/c1-16-10-13-29-22(16)18-8-5-9-19(14-18)25-23(28)26-12-11-24-21(27)15-20(26)17-6-3-2-4-7-17/h2-10,13-14,20H,11-12,15H2,1H3,(H,24,27)(H,25,28). The van der Waals surface area contributed by atoms with Crippen molar-refractivity contribution in [3.05, 3.63) is 77.2 Å². The zero-order chi connectivity index (χ0) is 20.2. The number of carbonyl (C=O) groups is 2. The van der Waals surface area contributed by atoms with E-state index in [-0.39, 0.29) is 24.4 Å². The molecule has 1 unspecified atom stereocenters. The predicted octanol–water partition coefficient (Wildman–Crippen LogP) is 4.82. The number of hydrogen-bond donors (Lipinski definition) is 2. The molecule has 148 valence electrons. The second kappa shape index (κ2) is 8.49. The van der Waals surface area contributed by atoms with Gasteiger partial charge in [0.25, 0.3) is 0 Å². The molecular weight excluding hydrogens is 382 g/mol. The number of nitrogens with zero attached hydrogens (tertiary/aromatic N) is 1. The molecule has 2 aromatic carbocycles. The van der Waals surface area contributed by atoms with Gasteiger partial charge in [-0.05, 0) is 47.2 Å². The zero-order valence-electron chi connectivity index (χ0n) is 16.2. The van der Waals surface area contributed by atoms with Crippen LogP contribution >= 0.6 is 11.3 Å². The number of hydrogen-bond acceptors (Lipinski definition) is 3. The number of anilines is 1. The molecule has 1 fully saturated rings. The maximum Gasteiger partial charge on any atom is 0.322 e. The highest BCUT2D eigenvalue weighted by molar-refractivity contribution is 7.13. The van der Waals surface area contributed by atoms with Crippen LogP contribution in [-0.2, 0) is 4.79 Å². The fourth-order valence-corrected chi connectivity index (χ4v) is 4.57. The van der Waals surface area contributed by atoms with Gasteiger partial charge in [0, 0.05) is 23.7 Å². The molecule has 1 aliphatic heterocycles. The molecule has 3 aromatic rings. The summed E-state index contributed by atoms with van der Waals surface area (Å²) in [5.41, 5.74) is 4.01.